The van der Waals surface area contributed by atoms with Gasteiger partial charge in [0.05, 0.1) is 22.5 Å². The summed E-state index contributed by atoms with van der Waals surface area (Å²) < 4.78 is 673. The fraction of sp³-hybridized carbons (Fsp3) is 0.722. The third kappa shape index (κ3) is 10.2. The van der Waals surface area contributed by atoms with Crippen LogP contribution in [-0.4, -0.2) is 161 Å². The molecule has 1 aromatic carbocycles. The molecule has 0 aliphatic carbocycles. The predicted octanol–water partition coefficient (Wildman–Crippen LogP) is 16.2. The lowest BCUT2D eigenvalue weighted by Crippen LogP contribution is -2.81. The average molecular weight is 1460 g/mol. The molecule has 0 saturated heterocycles. The fourth-order valence-electron chi connectivity index (χ4n) is 6.23. The Morgan fingerprint density at radius 3 is 0.769 bits per heavy atom. The van der Waals surface area contributed by atoms with Crippen LogP contribution in [0, 0.1) is 6.92 Å². The molecule has 0 aliphatic heterocycles. The minimum atomic E-state index is -11.0. The Bertz CT molecular complexity index is 3030. The van der Waals surface area contributed by atoms with E-state index in [0.717, 1.165) is 5.32 Å². The number of rotatable bonds is 27. The maximum absolute atomic E-state index is 15.8. The molecular weight excluding hydrogens is 1450 g/mol. The van der Waals surface area contributed by atoms with Crippen LogP contribution in [0.4, 0.5) is 218 Å². The Hall–Kier alpha value is -6.37. The van der Waals surface area contributed by atoms with Crippen LogP contribution < -0.4 is 5.32 Å². The number of carbonyl (C=O) groups is 2. The second-order valence-electron chi connectivity index (χ2n) is 17.1. The number of hydrogen-bond acceptors (Lipinski definition) is 7. The van der Waals surface area contributed by atoms with Gasteiger partial charge in [0.2, 0.25) is 12.2 Å². The number of amides is 1. The van der Waals surface area contributed by atoms with Crippen LogP contribution in [0.5, 0.6) is 0 Å². The molecule has 0 atom stereocenters. The highest BCUT2D eigenvalue weighted by Gasteiger charge is 3.04. The Morgan fingerprint density at radius 1 is 0.363 bits per heavy atom. The molecule has 55 heteroatoms. The highest BCUT2D eigenvalue weighted by molar-refractivity contribution is 6.03. The molecule has 1 N–H and O–H groups in total. The normalized spacial score (nSPS) is 15.9. The summed E-state index contributed by atoms with van der Waals surface area (Å²) in [5, 5.41) is 0.950. The summed E-state index contributed by atoms with van der Waals surface area (Å²) in [5.41, 5.74) is -12.9. The number of halogens is 47. The minimum absolute atomic E-state index is 0.0107. The van der Waals surface area contributed by atoms with E-state index in [2.05, 4.69) is 9.73 Å². The van der Waals surface area contributed by atoms with E-state index in [1.54, 1.807) is 0 Å². The van der Waals surface area contributed by atoms with Gasteiger partial charge < -0.3 is 10.1 Å². The molecular formula is C36H10F47N3O5. The number of aryl methyl sites for hydroxylation is 1. The molecule has 0 unspecified atom stereocenters. The highest BCUT2D eigenvalue weighted by atomic mass is 19.4. The van der Waals surface area contributed by atoms with Crippen molar-refractivity contribution in [1.82, 2.24) is 5.32 Å². The number of isocyanates is 2. The zero-order valence-electron chi connectivity index (χ0n) is 40.5. The molecule has 0 bridgehead atoms. The molecule has 0 aliphatic rings. The van der Waals surface area contributed by atoms with Crippen molar-refractivity contribution in [3.05, 3.63) is 22.8 Å². The summed E-state index contributed by atoms with van der Waals surface area (Å²) in [6, 6.07) is -0.544. The van der Waals surface area contributed by atoms with Crippen LogP contribution in [0.1, 0.15) is 28.4 Å². The SMILES string of the molecule is CC(=O)OCNC(=O)c1c(N=C=O)c(C)cc(N=C=O)c1C(F)(F)C(F)(F)C(F)(F)C(F)(F)C(F)(F)C(F)(F)C(F)(F)C(F)(F)C(F)(F)C(F)(F)C(F)(F)C(F)(F)C(F)(F)C(F)(F)C(F)(F)C(F)(F)C(F)(F)C(F)(F)C(F)(F)C(F)(F)C(F)(F)C(F)(F)C(F)(F)F. The number of alkyl halides is 47. The van der Waals surface area contributed by atoms with Gasteiger partial charge in [0, 0.05) is 6.92 Å². The van der Waals surface area contributed by atoms with Crippen molar-refractivity contribution >= 4 is 35.4 Å². The van der Waals surface area contributed by atoms with E-state index in [-0.39, 0.29) is 19.1 Å². The van der Waals surface area contributed by atoms with Gasteiger partial charge in [-0.2, -0.15) is 216 Å². The maximum atomic E-state index is 15.8. The second kappa shape index (κ2) is 22.1. The number of hydrogen-bond donors (Lipinski definition) is 1. The van der Waals surface area contributed by atoms with E-state index in [0.29, 0.717) is 6.92 Å². The van der Waals surface area contributed by atoms with Crippen LogP contribution in [-0.2, 0) is 25.0 Å². The third-order valence-corrected chi connectivity index (χ3v) is 11.5. The zero-order valence-corrected chi connectivity index (χ0v) is 40.5. The smallest absolute Gasteiger partial charge is 0.445 e. The summed E-state index contributed by atoms with van der Waals surface area (Å²) in [5.74, 6) is -232. The Morgan fingerprint density at radius 2 is 0.571 bits per heavy atom. The summed E-state index contributed by atoms with van der Waals surface area (Å²) in [4.78, 5) is 49.9. The van der Waals surface area contributed by atoms with Crippen LogP contribution in [0.25, 0.3) is 0 Å². The summed E-state index contributed by atoms with van der Waals surface area (Å²) in [7, 11) is 0. The van der Waals surface area contributed by atoms with Crippen molar-refractivity contribution in [3.63, 3.8) is 0 Å². The molecule has 91 heavy (non-hydrogen) atoms. The number of carbonyl (C=O) groups excluding carboxylic acids is 4. The first-order valence-electron chi connectivity index (χ1n) is 20.3. The maximum Gasteiger partial charge on any atom is 0.460 e. The Labute approximate surface area is 461 Å². The summed E-state index contributed by atoms with van der Waals surface area (Å²) in [6.45, 7) is -1.22. The van der Waals surface area contributed by atoms with Crippen molar-refractivity contribution in [1.29, 1.82) is 0 Å². The fourth-order valence-corrected chi connectivity index (χ4v) is 6.23. The van der Waals surface area contributed by atoms with Gasteiger partial charge in [-0.05, 0) is 18.6 Å². The Kier molecular flexibility index (Phi) is 20.1. The first kappa shape index (κ1) is 82.6. The standard InChI is InChI=1S/C36H10F47N3O5/c1-7-3-9(84-4-87)11(10(12(7)85-5-88)13(90)86-6-91-8(2)89)14(37,38)15(39,40)16(41,42)17(43,44)18(45,46)19(47,48)20(49,50)21(51,52)22(53,54)23(55,56)24(57,58)25(59,60)26(61,62)27(63,64)28(65,66)29(67,68)30(69,70)31(71,72)32(73,74)33(75,76)34(77,78)35(79,80)36(81,82)83/h3H,6H2,1-2H3,(H,86,90). The van der Waals surface area contributed by atoms with Gasteiger partial charge in [-0.15, -0.1) is 0 Å². The van der Waals surface area contributed by atoms with E-state index in [9.17, 15) is 199 Å². The number of nitrogens with one attached hydrogen (secondary N) is 1. The van der Waals surface area contributed by atoms with Gasteiger partial charge >= 0.3 is 142 Å². The molecule has 0 heterocycles. The van der Waals surface area contributed by atoms with E-state index >= 15 is 26.3 Å². The van der Waals surface area contributed by atoms with Crippen molar-refractivity contribution in [2.45, 2.75) is 150 Å². The van der Waals surface area contributed by atoms with Gasteiger partial charge in [-0.3, -0.25) is 9.59 Å². The topological polar surface area (TPSA) is 114 Å². The van der Waals surface area contributed by atoms with E-state index in [1.165, 1.54) is 0 Å². The molecule has 0 fully saturated rings. The van der Waals surface area contributed by atoms with Crippen molar-refractivity contribution in [2.75, 3.05) is 6.73 Å². The molecule has 0 saturated carbocycles. The first-order valence-corrected chi connectivity index (χ1v) is 20.3. The van der Waals surface area contributed by atoms with Crippen molar-refractivity contribution in [3.8, 4) is 0 Å². The summed E-state index contributed by atoms with van der Waals surface area (Å²) in [6.07, 6.45) is -8.43. The zero-order chi connectivity index (χ0) is 74.2. The van der Waals surface area contributed by atoms with Crippen LogP contribution in [0.2, 0.25) is 0 Å². The lowest BCUT2D eigenvalue weighted by molar-refractivity contribution is -0.498. The lowest BCUT2D eigenvalue weighted by Gasteiger charge is -2.47. The Balaban J connectivity index is 4.39. The first-order chi connectivity index (χ1) is 39.1. The van der Waals surface area contributed by atoms with Crippen molar-refractivity contribution in [2.24, 2.45) is 9.98 Å². The second-order valence-corrected chi connectivity index (χ2v) is 17.1. The quantitative estimate of drug-likeness (QED) is 0.0310. The van der Waals surface area contributed by atoms with E-state index in [1.807, 2.05) is 4.99 Å². The summed E-state index contributed by atoms with van der Waals surface area (Å²) >= 11 is 0. The number of nitrogens with zero attached hydrogens (tertiary/aromatic N) is 2. The van der Waals surface area contributed by atoms with Gasteiger partial charge in [-0.25, -0.2) is 9.59 Å². The monoisotopic (exact) mass is 1460 g/mol. The van der Waals surface area contributed by atoms with Crippen LogP contribution >= 0.6 is 0 Å². The molecule has 0 aromatic heterocycles. The highest BCUT2D eigenvalue weighted by Crippen LogP contribution is 2.73. The van der Waals surface area contributed by atoms with E-state index in [4.69, 9.17) is 0 Å². The average Bonchev–Trinajstić information content (AvgIpc) is 0.685. The van der Waals surface area contributed by atoms with Crippen LogP contribution in [0.3, 0.4) is 0 Å². The minimum Gasteiger partial charge on any atom is -0.445 e. The van der Waals surface area contributed by atoms with Gasteiger partial charge in [0.15, 0.2) is 6.73 Å². The molecule has 528 valence electrons. The molecule has 1 aromatic rings. The molecule has 8 nitrogen and oxygen atoms in total. The molecule has 0 radical (unpaired) electrons. The van der Waals surface area contributed by atoms with Gasteiger partial charge in [0.1, 0.15) is 0 Å². The number of esters is 1. The molecule has 1 amide bonds. The number of ether oxygens (including phenoxy) is 1. The number of aliphatic imine (C=N–C) groups is 2. The predicted molar refractivity (Wildman–Crippen MR) is 185 cm³/mol. The third-order valence-electron chi connectivity index (χ3n) is 11.5. The molecule has 1 rings (SSSR count). The van der Waals surface area contributed by atoms with Gasteiger partial charge in [-0.1, -0.05) is 0 Å². The van der Waals surface area contributed by atoms with E-state index < -0.39 is 189 Å². The molecule has 0 spiro atoms. The van der Waals surface area contributed by atoms with Gasteiger partial charge in [0.25, 0.3) is 5.91 Å². The lowest BCUT2D eigenvalue weighted by atomic mass is 9.81. The number of benzene rings is 1. The van der Waals surface area contributed by atoms with Crippen molar-refractivity contribution < 1.29 is 230 Å². The largest absolute Gasteiger partial charge is 0.460 e. The van der Waals surface area contributed by atoms with Crippen LogP contribution in [0.15, 0.2) is 16.1 Å².